The van der Waals surface area contributed by atoms with E-state index in [4.69, 9.17) is 4.74 Å². The monoisotopic (exact) mass is 433 g/mol. The highest BCUT2D eigenvalue weighted by atomic mass is 16.5. The predicted octanol–water partition coefficient (Wildman–Crippen LogP) is 5.66. The lowest BCUT2D eigenvalue weighted by atomic mass is 9.95. The Bertz CT molecular complexity index is 1450. The number of amides is 1. The number of carbonyl (C=O) groups is 2. The number of hydrogen-bond donors (Lipinski definition) is 1. The number of methoxy groups -OCH3 is 1. The number of carbonyl (C=O) groups excluding carboxylic acids is 2. The molecule has 0 aromatic heterocycles. The van der Waals surface area contributed by atoms with Crippen LogP contribution in [0.5, 0.6) is 0 Å². The normalized spacial score (nSPS) is 12.0. The molecule has 4 heteroatoms. The van der Waals surface area contributed by atoms with Gasteiger partial charge in [-0.2, -0.15) is 0 Å². The number of hydrogen-bond acceptors (Lipinski definition) is 3. The van der Waals surface area contributed by atoms with E-state index >= 15 is 0 Å². The van der Waals surface area contributed by atoms with E-state index < -0.39 is 12.0 Å². The van der Waals surface area contributed by atoms with Crippen LogP contribution in [0.2, 0.25) is 0 Å². The van der Waals surface area contributed by atoms with Crippen LogP contribution in [0.4, 0.5) is 0 Å². The van der Waals surface area contributed by atoms with E-state index in [0.29, 0.717) is 12.0 Å². The number of ether oxygens (including phenoxy) is 1. The first-order valence-electron chi connectivity index (χ1n) is 10.9. The molecule has 1 amide bonds. The van der Waals surface area contributed by atoms with E-state index in [1.807, 2.05) is 91.0 Å². The molecule has 0 fully saturated rings. The molecule has 1 atom stereocenters. The Kier molecular flexibility index (Phi) is 5.49. The van der Waals surface area contributed by atoms with E-state index in [0.717, 1.165) is 37.9 Å². The standard InChI is InChI=1S/C29H23NO3/c1-33-29(32)26(18-22-13-8-12-19-9-2-5-14-23(19)22)30-28(31)27-24-15-6-3-10-20(24)17-21-11-4-7-16-25(21)27/h2-17,26H,18H2,1H3,(H,30,31)/t26-/m0/s1. The minimum atomic E-state index is -0.814. The Morgan fingerprint density at radius 3 is 1.91 bits per heavy atom. The average Bonchev–Trinajstić information content (AvgIpc) is 2.86. The second-order valence-electron chi connectivity index (χ2n) is 8.09. The van der Waals surface area contributed by atoms with Crippen molar-refractivity contribution in [3.05, 3.63) is 108 Å². The molecule has 0 spiro atoms. The molecule has 33 heavy (non-hydrogen) atoms. The summed E-state index contributed by atoms with van der Waals surface area (Å²) in [5, 5.41) is 8.76. The van der Waals surface area contributed by atoms with E-state index in [1.54, 1.807) is 0 Å². The average molecular weight is 434 g/mol. The van der Waals surface area contributed by atoms with Crippen molar-refractivity contribution >= 4 is 44.2 Å². The maximum absolute atomic E-state index is 13.6. The van der Waals surface area contributed by atoms with Gasteiger partial charge in [-0.05, 0) is 43.9 Å². The number of esters is 1. The van der Waals surface area contributed by atoms with Crippen molar-refractivity contribution in [2.24, 2.45) is 0 Å². The van der Waals surface area contributed by atoms with Crippen LogP contribution in [-0.4, -0.2) is 25.0 Å². The summed E-state index contributed by atoms with van der Waals surface area (Å²) in [7, 11) is 1.35. The van der Waals surface area contributed by atoms with Crippen LogP contribution >= 0.6 is 0 Å². The van der Waals surface area contributed by atoms with Gasteiger partial charge in [-0.3, -0.25) is 4.79 Å². The van der Waals surface area contributed by atoms with E-state index in [9.17, 15) is 9.59 Å². The van der Waals surface area contributed by atoms with Crippen molar-refractivity contribution in [2.75, 3.05) is 7.11 Å². The second kappa shape index (κ2) is 8.75. The summed E-state index contributed by atoms with van der Waals surface area (Å²) in [6, 6.07) is 30.9. The molecule has 5 aromatic rings. The van der Waals surface area contributed by atoms with Crippen LogP contribution in [-0.2, 0) is 16.0 Å². The molecule has 1 N–H and O–H groups in total. The van der Waals surface area contributed by atoms with E-state index in [2.05, 4.69) is 11.4 Å². The van der Waals surface area contributed by atoms with Gasteiger partial charge < -0.3 is 10.1 Å². The third kappa shape index (κ3) is 3.92. The minimum absolute atomic E-state index is 0.293. The van der Waals surface area contributed by atoms with Gasteiger partial charge in [-0.25, -0.2) is 4.79 Å². The molecule has 0 aliphatic heterocycles. The zero-order valence-corrected chi connectivity index (χ0v) is 18.2. The maximum Gasteiger partial charge on any atom is 0.328 e. The molecule has 0 saturated carbocycles. The lowest BCUT2D eigenvalue weighted by Gasteiger charge is -2.19. The summed E-state index contributed by atoms with van der Waals surface area (Å²) < 4.78 is 5.05. The molecular formula is C29H23NO3. The highest BCUT2D eigenvalue weighted by Gasteiger charge is 2.25. The molecule has 162 valence electrons. The molecule has 0 aliphatic rings. The van der Waals surface area contributed by atoms with Crippen LogP contribution in [0.1, 0.15) is 15.9 Å². The Hall–Kier alpha value is -4.18. The molecule has 0 radical (unpaired) electrons. The molecule has 0 bridgehead atoms. The topological polar surface area (TPSA) is 55.4 Å². The first kappa shape index (κ1) is 20.7. The van der Waals surface area contributed by atoms with Gasteiger partial charge in [-0.15, -0.1) is 0 Å². The van der Waals surface area contributed by atoms with Crippen molar-refractivity contribution in [1.29, 1.82) is 0 Å². The van der Waals surface area contributed by atoms with Crippen LogP contribution in [0.15, 0.2) is 97.1 Å². The van der Waals surface area contributed by atoms with Gasteiger partial charge in [-0.1, -0.05) is 91.0 Å². The van der Waals surface area contributed by atoms with Crippen LogP contribution < -0.4 is 5.32 Å². The van der Waals surface area contributed by atoms with Gasteiger partial charge >= 0.3 is 5.97 Å². The molecule has 5 rings (SSSR count). The SMILES string of the molecule is COC(=O)[C@H](Cc1cccc2ccccc12)NC(=O)c1c2ccccc2cc2ccccc12. The highest BCUT2D eigenvalue weighted by molar-refractivity contribution is 6.18. The van der Waals surface area contributed by atoms with Gasteiger partial charge in [0.25, 0.3) is 5.91 Å². The number of nitrogens with one attached hydrogen (secondary N) is 1. The first-order valence-corrected chi connectivity index (χ1v) is 10.9. The summed E-state index contributed by atoms with van der Waals surface area (Å²) in [6.07, 6.45) is 0.336. The summed E-state index contributed by atoms with van der Waals surface area (Å²) >= 11 is 0. The molecule has 5 aromatic carbocycles. The third-order valence-electron chi connectivity index (χ3n) is 6.09. The quantitative estimate of drug-likeness (QED) is 0.287. The summed E-state index contributed by atoms with van der Waals surface area (Å²) in [5.41, 5.74) is 1.54. The summed E-state index contributed by atoms with van der Waals surface area (Å²) in [4.78, 5) is 26.3. The molecule has 0 unspecified atom stereocenters. The van der Waals surface area contributed by atoms with Crippen LogP contribution in [0.25, 0.3) is 32.3 Å². The third-order valence-corrected chi connectivity index (χ3v) is 6.09. The first-order chi connectivity index (χ1) is 16.2. The fourth-order valence-electron chi connectivity index (χ4n) is 4.51. The van der Waals surface area contributed by atoms with Crippen molar-refractivity contribution in [2.45, 2.75) is 12.5 Å². The predicted molar refractivity (Wildman–Crippen MR) is 132 cm³/mol. The number of rotatable bonds is 5. The van der Waals surface area contributed by atoms with Gasteiger partial charge in [0.15, 0.2) is 0 Å². The molecule has 0 aliphatic carbocycles. The molecule has 0 saturated heterocycles. The Morgan fingerprint density at radius 2 is 1.27 bits per heavy atom. The van der Waals surface area contributed by atoms with Gasteiger partial charge in [0, 0.05) is 6.42 Å². The Morgan fingerprint density at radius 1 is 0.727 bits per heavy atom. The lowest BCUT2D eigenvalue weighted by molar-refractivity contribution is -0.142. The molecular weight excluding hydrogens is 410 g/mol. The fraction of sp³-hybridized carbons (Fsp3) is 0.103. The van der Waals surface area contributed by atoms with Crippen LogP contribution in [0.3, 0.4) is 0 Å². The summed E-state index contributed by atoms with van der Waals surface area (Å²) in [5.74, 6) is -0.764. The minimum Gasteiger partial charge on any atom is -0.467 e. The maximum atomic E-state index is 13.6. The fourth-order valence-corrected chi connectivity index (χ4v) is 4.51. The largest absolute Gasteiger partial charge is 0.467 e. The molecule has 4 nitrogen and oxygen atoms in total. The summed E-state index contributed by atoms with van der Waals surface area (Å²) in [6.45, 7) is 0. The lowest BCUT2D eigenvalue weighted by Crippen LogP contribution is -2.43. The second-order valence-corrected chi connectivity index (χ2v) is 8.09. The van der Waals surface area contributed by atoms with Gasteiger partial charge in [0.2, 0.25) is 0 Å². The van der Waals surface area contributed by atoms with Crippen molar-refractivity contribution < 1.29 is 14.3 Å². The van der Waals surface area contributed by atoms with Crippen LogP contribution in [0, 0.1) is 0 Å². The van der Waals surface area contributed by atoms with E-state index in [-0.39, 0.29) is 5.91 Å². The van der Waals surface area contributed by atoms with Crippen molar-refractivity contribution in [3.8, 4) is 0 Å². The zero-order valence-electron chi connectivity index (χ0n) is 18.2. The van der Waals surface area contributed by atoms with E-state index in [1.165, 1.54) is 7.11 Å². The highest BCUT2D eigenvalue weighted by Crippen LogP contribution is 2.29. The Balaban J connectivity index is 1.56. The smallest absolute Gasteiger partial charge is 0.328 e. The Labute approximate surface area is 191 Å². The van der Waals surface area contributed by atoms with Crippen molar-refractivity contribution in [1.82, 2.24) is 5.32 Å². The number of fused-ring (bicyclic) bond motifs is 3. The zero-order chi connectivity index (χ0) is 22.8. The molecule has 0 heterocycles. The van der Waals surface area contributed by atoms with Gasteiger partial charge in [0.05, 0.1) is 12.7 Å². The van der Waals surface area contributed by atoms with Crippen molar-refractivity contribution in [3.63, 3.8) is 0 Å². The number of benzene rings is 5. The van der Waals surface area contributed by atoms with Gasteiger partial charge in [0.1, 0.15) is 6.04 Å².